The SMILES string of the molecule is COc1cc(C(C)(C)C)c2op(NC[C@H]3O[C@@H]4OC(C)(C)O[C@@H]4[C@H]3Op3oc4c(C(C)(C)C)cc(OC)cc4c4cc(OC)cc(C(C)(C)C)c4o3)oc3c(C(C)(C)C)cc(OC)cc3c2c1. The van der Waals surface area contributed by atoms with Gasteiger partial charge in [0.1, 0.15) is 63.6 Å². The van der Waals surface area contributed by atoms with Gasteiger partial charge >= 0.3 is 16.4 Å². The van der Waals surface area contributed by atoms with Crippen LogP contribution in [-0.4, -0.2) is 65.4 Å². The van der Waals surface area contributed by atoms with Gasteiger partial charge in [-0.2, -0.15) is 0 Å². The Bertz CT molecular complexity index is 2760. The Morgan fingerprint density at radius 3 is 1.18 bits per heavy atom. The first-order valence-corrected chi connectivity index (χ1v) is 25.1. The highest BCUT2D eigenvalue weighted by atomic mass is 31.1. The molecule has 4 heterocycles. The Labute approximate surface area is 396 Å². The number of nitrogens with one attached hydrogen (secondary N) is 1. The zero-order valence-electron chi connectivity index (χ0n) is 42.4. The first-order chi connectivity index (χ1) is 31.2. The summed E-state index contributed by atoms with van der Waals surface area (Å²) in [4.78, 5) is 0. The summed E-state index contributed by atoms with van der Waals surface area (Å²) in [6.45, 7) is 29.8. The summed E-state index contributed by atoms with van der Waals surface area (Å²) >= 11 is 0. The summed E-state index contributed by atoms with van der Waals surface area (Å²) < 4.78 is 78.6. The summed E-state index contributed by atoms with van der Waals surface area (Å²) in [5.41, 5.74) is 5.11. The lowest BCUT2D eigenvalue weighted by atomic mass is 9.84. The molecule has 2 aliphatic rings. The van der Waals surface area contributed by atoms with Gasteiger partial charge < -0.3 is 49.9 Å². The highest BCUT2D eigenvalue weighted by Gasteiger charge is 2.56. The van der Waals surface area contributed by atoms with Crippen LogP contribution in [-0.2, 0) is 35.9 Å². The molecule has 4 aromatic carbocycles. The van der Waals surface area contributed by atoms with Crippen molar-refractivity contribution in [1.29, 1.82) is 0 Å². The molecule has 1 N–H and O–H groups in total. The van der Waals surface area contributed by atoms with Gasteiger partial charge in [-0.3, -0.25) is 4.52 Å². The maximum Gasteiger partial charge on any atom is 0.387 e. The van der Waals surface area contributed by atoms with Crippen molar-refractivity contribution in [3.05, 3.63) is 70.8 Å². The predicted molar refractivity (Wildman–Crippen MR) is 267 cm³/mol. The van der Waals surface area contributed by atoms with E-state index in [1.165, 1.54) is 0 Å². The van der Waals surface area contributed by atoms with E-state index in [9.17, 15) is 0 Å². The largest absolute Gasteiger partial charge is 0.497 e. The quantitative estimate of drug-likeness (QED) is 0.147. The van der Waals surface area contributed by atoms with Crippen LogP contribution in [0.5, 0.6) is 23.0 Å². The molecule has 2 fully saturated rings. The average Bonchev–Trinajstić information content (AvgIpc) is 3.56. The van der Waals surface area contributed by atoms with Gasteiger partial charge in [0.2, 0.25) is 0 Å². The summed E-state index contributed by atoms with van der Waals surface area (Å²) in [7, 11) is 2.68. The molecule has 2 aliphatic heterocycles. The third kappa shape index (κ3) is 9.68. The van der Waals surface area contributed by atoms with E-state index < -0.39 is 46.8 Å². The minimum Gasteiger partial charge on any atom is -0.497 e. The van der Waals surface area contributed by atoms with Crippen LogP contribution in [0.2, 0.25) is 0 Å². The second-order valence-electron chi connectivity index (χ2n) is 22.1. The molecule has 0 bridgehead atoms. The summed E-state index contributed by atoms with van der Waals surface area (Å²) in [5, 5.41) is 6.95. The highest BCUT2D eigenvalue weighted by Crippen LogP contribution is 2.49. The Balaban J connectivity index is 1.32. The smallest absolute Gasteiger partial charge is 0.387 e. The molecule has 6 aromatic rings. The maximum absolute atomic E-state index is 7.16. The maximum atomic E-state index is 7.16. The Hall–Kier alpha value is -4.32. The zero-order chi connectivity index (χ0) is 48.8. The minimum atomic E-state index is -2.17. The molecule has 2 aromatic heterocycles. The van der Waals surface area contributed by atoms with E-state index in [1.54, 1.807) is 28.4 Å². The van der Waals surface area contributed by atoms with Crippen molar-refractivity contribution >= 4 is 60.3 Å². The van der Waals surface area contributed by atoms with Gasteiger partial charge in [0.15, 0.2) is 12.1 Å². The molecular weight excluding hydrogens is 893 g/mol. The molecule has 0 spiro atoms. The van der Waals surface area contributed by atoms with Gasteiger partial charge in [-0.1, -0.05) is 83.1 Å². The lowest BCUT2D eigenvalue weighted by Crippen LogP contribution is -2.41. The van der Waals surface area contributed by atoms with Gasteiger partial charge in [-0.25, -0.2) is 5.09 Å². The Kier molecular flexibility index (Phi) is 12.9. The number of benzene rings is 4. The Morgan fingerprint density at radius 1 is 0.507 bits per heavy atom. The number of hydrogen-bond donors (Lipinski definition) is 1. The molecule has 4 atom stereocenters. The topological polar surface area (TPSA) is 138 Å². The molecule has 364 valence electrons. The van der Waals surface area contributed by atoms with Gasteiger partial charge in [0, 0.05) is 50.3 Å². The molecule has 0 aliphatic carbocycles. The predicted octanol–water partition coefficient (Wildman–Crippen LogP) is 14.0. The minimum absolute atomic E-state index is 0.231. The van der Waals surface area contributed by atoms with Crippen molar-refractivity contribution in [3.8, 4) is 23.0 Å². The zero-order valence-corrected chi connectivity index (χ0v) is 44.2. The van der Waals surface area contributed by atoms with Crippen molar-refractivity contribution in [3.63, 3.8) is 0 Å². The fourth-order valence-corrected chi connectivity index (χ4v) is 11.4. The number of ether oxygens (including phenoxy) is 7. The molecule has 67 heavy (non-hydrogen) atoms. The van der Waals surface area contributed by atoms with Gasteiger partial charge in [-0.15, -0.1) is 0 Å². The van der Waals surface area contributed by atoms with Gasteiger partial charge in [0.05, 0.1) is 28.4 Å². The first kappa shape index (κ1) is 49.1. The molecular formula is C52H69NO12P2. The van der Waals surface area contributed by atoms with Crippen molar-refractivity contribution in [2.24, 2.45) is 0 Å². The van der Waals surface area contributed by atoms with Crippen LogP contribution in [0.15, 0.2) is 65.3 Å². The van der Waals surface area contributed by atoms with E-state index in [2.05, 4.69) is 88.2 Å². The highest BCUT2D eigenvalue weighted by molar-refractivity contribution is 7.38. The third-order valence-corrected chi connectivity index (χ3v) is 14.6. The van der Waals surface area contributed by atoms with Crippen LogP contribution < -0.4 is 28.6 Å². The van der Waals surface area contributed by atoms with E-state index in [-0.39, 0.29) is 28.2 Å². The summed E-state index contributed by atoms with van der Waals surface area (Å²) in [6, 6.07) is 16.1. The first-order valence-electron chi connectivity index (χ1n) is 22.9. The number of hydrogen-bond acceptors (Lipinski definition) is 13. The van der Waals surface area contributed by atoms with E-state index in [0.717, 1.165) is 43.8 Å². The van der Waals surface area contributed by atoms with E-state index in [0.29, 0.717) is 45.3 Å². The molecule has 13 nitrogen and oxygen atoms in total. The lowest BCUT2D eigenvalue weighted by molar-refractivity contribution is -0.210. The monoisotopic (exact) mass is 961 g/mol. The Morgan fingerprint density at radius 2 is 0.851 bits per heavy atom. The van der Waals surface area contributed by atoms with Crippen LogP contribution in [0.3, 0.4) is 0 Å². The second kappa shape index (κ2) is 17.6. The summed E-state index contributed by atoms with van der Waals surface area (Å²) in [5.74, 6) is 1.88. The van der Waals surface area contributed by atoms with E-state index >= 15 is 0 Å². The fraction of sp³-hybridized carbons (Fsp3) is 0.538. The van der Waals surface area contributed by atoms with E-state index in [1.807, 2.05) is 62.4 Å². The van der Waals surface area contributed by atoms with Crippen molar-refractivity contribution in [1.82, 2.24) is 0 Å². The second-order valence-corrected chi connectivity index (χ2v) is 24.3. The number of fused-ring (bicyclic) bond motifs is 7. The lowest BCUT2D eigenvalue weighted by Gasteiger charge is -2.25. The standard InChI is InChI=1S/C52H69NO12P2/c1-48(2,3)36-23-28(54-15)19-32-33-20-29(55-16)24-37(49(4,5)6)42(33)62-66(61-41(32)36)53-27-40-45(46-47(58-40)60-52(13,14)59-46)65-67-63-43-34(21-30(56-17)25-38(43)50(7,8)9)35-22-31(57-18)26-39(44(35)64-67)51(10,11)12/h19-26,40,45-47,53H,27H2,1-18H3/t40-,45+,46-,47-/m1/s1. The molecule has 2 saturated heterocycles. The molecule has 0 radical (unpaired) electrons. The van der Waals surface area contributed by atoms with Gasteiger partial charge in [0.25, 0.3) is 0 Å². The van der Waals surface area contributed by atoms with Crippen molar-refractivity contribution in [2.45, 2.75) is 149 Å². The van der Waals surface area contributed by atoms with Crippen LogP contribution in [0, 0.1) is 0 Å². The van der Waals surface area contributed by atoms with Crippen LogP contribution >= 0.6 is 16.4 Å². The molecule has 0 unspecified atom stereocenters. The number of rotatable bonds is 9. The van der Waals surface area contributed by atoms with Gasteiger partial charge in [-0.05, 0) is 84.0 Å². The average molecular weight is 962 g/mol. The molecule has 15 heteroatoms. The van der Waals surface area contributed by atoms with Crippen molar-refractivity contribution in [2.75, 3.05) is 40.1 Å². The van der Waals surface area contributed by atoms with E-state index in [4.69, 9.17) is 54.5 Å². The third-order valence-electron chi connectivity index (χ3n) is 12.4. The normalized spacial score (nSPS) is 19.9. The van der Waals surface area contributed by atoms with Crippen LogP contribution in [0.4, 0.5) is 0 Å². The van der Waals surface area contributed by atoms with Crippen LogP contribution in [0.1, 0.15) is 119 Å². The fourth-order valence-electron chi connectivity index (χ4n) is 8.86. The molecule has 0 saturated carbocycles. The number of methoxy groups -OCH3 is 4. The summed E-state index contributed by atoms with van der Waals surface area (Å²) in [6.07, 6.45) is -2.72. The molecule has 8 rings (SSSR count). The molecule has 0 amide bonds. The van der Waals surface area contributed by atoms with Crippen LogP contribution in [0.25, 0.3) is 43.9 Å². The van der Waals surface area contributed by atoms with Crippen molar-refractivity contribution < 1.29 is 54.5 Å².